The van der Waals surface area contributed by atoms with Crippen LogP contribution in [0, 0.1) is 19.7 Å². The Bertz CT molecular complexity index is 644. The molecular formula is C15H17FN4O. The third-order valence-corrected chi connectivity index (χ3v) is 3.18. The average Bonchev–Trinajstić information content (AvgIpc) is 2.78. The summed E-state index contributed by atoms with van der Waals surface area (Å²) in [6.07, 6.45) is 2.19. The number of nitrogens with zero attached hydrogens (tertiary/aromatic N) is 2. The van der Waals surface area contributed by atoms with Gasteiger partial charge in [0.1, 0.15) is 5.82 Å². The lowest BCUT2D eigenvalue weighted by molar-refractivity contribution is -0.121. The van der Waals surface area contributed by atoms with E-state index in [4.69, 9.17) is 0 Å². The van der Waals surface area contributed by atoms with Gasteiger partial charge >= 0.3 is 0 Å². The number of carbonyl (C=O) groups is 1. The largest absolute Gasteiger partial charge is 0.282 e. The lowest BCUT2D eigenvalue weighted by atomic mass is 10.1. The highest BCUT2D eigenvalue weighted by Crippen LogP contribution is 2.11. The van der Waals surface area contributed by atoms with Crippen molar-refractivity contribution in [3.05, 3.63) is 52.6 Å². The van der Waals surface area contributed by atoms with Crippen molar-refractivity contribution >= 4 is 12.1 Å². The number of carbonyl (C=O) groups excluding carboxylic acids is 1. The molecule has 0 bridgehead atoms. The molecule has 0 saturated carbocycles. The van der Waals surface area contributed by atoms with Crippen LogP contribution in [-0.2, 0) is 11.2 Å². The van der Waals surface area contributed by atoms with Crippen LogP contribution in [0.1, 0.15) is 28.9 Å². The first-order valence-electron chi connectivity index (χ1n) is 6.65. The molecule has 0 fully saturated rings. The molecule has 0 radical (unpaired) electrons. The first-order chi connectivity index (χ1) is 10.1. The van der Waals surface area contributed by atoms with Crippen molar-refractivity contribution in [1.29, 1.82) is 0 Å². The van der Waals surface area contributed by atoms with Crippen LogP contribution in [0.4, 0.5) is 4.39 Å². The van der Waals surface area contributed by atoms with Crippen LogP contribution in [0.2, 0.25) is 0 Å². The minimum Gasteiger partial charge on any atom is -0.282 e. The van der Waals surface area contributed by atoms with Gasteiger partial charge in [0, 0.05) is 17.7 Å². The molecule has 21 heavy (non-hydrogen) atoms. The molecule has 0 aliphatic rings. The number of hydrogen-bond acceptors (Lipinski definition) is 3. The summed E-state index contributed by atoms with van der Waals surface area (Å²) in [4.78, 5) is 11.7. The standard InChI is InChI=1S/C15H17FN4O/c1-10-13(11(2)19-18-10)7-8-15(21)20-17-9-12-5-3-4-6-14(12)16/h3-6,9H,7-8H2,1-2H3,(H,18,19)(H,20,21). The topological polar surface area (TPSA) is 70.1 Å². The predicted octanol–water partition coefficient (Wildman–Crippen LogP) is 2.25. The second-order valence-corrected chi connectivity index (χ2v) is 4.73. The molecule has 0 aliphatic carbocycles. The molecule has 2 rings (SSSR count). The summed E-state index contributed by atoms with van der Waals surface area (Å²) >= 11 is 0. The summed E-state index contributed by atoms with van der Waals surface area (Å²) in [5, 5.41) is 10.7. The molecule has 0 aliphatic heterocycles. The van der Waals surface area contributed by atoms with Crippen molar-refractivity contribution in [3.63, 3.8) is 0 Å². The van der Waals surface area contributed by atoms with Crippen molar-refractivity contribution in [1.82, 2.24) is 15.6 Å². The molecule has 1 amide bonds. The quantitative estimate of drug-likeness (QED) is 0.654. The smallest absolute Gasteiger partial charge is 0.240 e. The van der Waals surface area contributed by atoms with E-state index in [1.807, 2.05) is 13.8 Å². The summed E-state index contributed by atoms with van der Waals surface area (Å²) in [6, 6.07) is 6.23. The summed E-state index contributed by atoms with van der Waals surface area (Å²) in [5.41, 5.74) is 5.64. The fourth-order valence-corrected chi connectivity index (χ4v) is 1.99. The average molecular weight is 288 g/mol. The summed E-state index contributed by atoms with van der Waals surface area (Å²) in [5.74, 6) is -0.595. The number of aryl methyl sites for hydroxylation is 2. The maximum absolute atomic E-state index is 13.3. The van der Waals surface area contributed by atoms with Crippen LogP contribution in [-0.4, -0.2) is 22.3 Å². The molecule has 1 aromatic carbocycles. The monoisotopic (exact) mass is 288 g/mol. The van der Waals surface area contributed by atoms with Gasteiger partial charge in [-0.1, -0.05) is 18.2 Å². The van der Waals surface area contributed by atoms with Gasteiger partial charge in [-0.05, 0) is 31.9 Å². The molecule has 0 unspecified atom stereocenters. The second kappa shape index (κ2) is 6.78. The van der Waals surface area contributed by atoms with Crippen molar-refractivity contribution in [2.75, 3.05) is 0 Å². The van der Waals surface area contributed by atoms with E-state index in [0.717, 1.165) is 17.0 Å². The van der Waals surface area contributed by atoms with Crippen LogP contribution in [0.15, 0.2) is 29.4 Å². The molecule has 2 N–H and O–H groups in total. The molecule has 0 atom stereocenters. The molecule has 0 saturated heterocycles. The first kappa shape index (κ1) is 14.9. The van der Waals surface area contributed by atoms with Gasteiger partial charge in [0.15, 0.2) is 0 Å². The van der Waals surface area contributed by atoms with Gasteiger partial charge in [0.25, 0.3) is 0 Å². The molecular weight excluding hydrogens is 271 g/mol. The normalized spacial score (nSPS) is 11.0. The highest BCUT2D eigenvalue weighted by atomic mass is 19.1. The lowest BCUT2D eigenvalue weighted by Crippen LogP contribution is -2.18. The SMILES string of the molecule is Cc1n[nH]c(C)c1CCC(=O)NN=Cc1ccccc1F. The summed E-state index contributed by atoms with van der Waals surface area (Å²) < 4.78 is 13.3. The van der Waals surface area contributed by atoms with E-state index in [1.54, 1.807) is 18.2 Å². The Morgan fingerprint density at radius 2 is 2.19 bits per heavy atom. The van der Waals surface area contributed by atoms with Crippen LogP contribution in [0.3, 0.4) is 0 Å². The zero-order valence-electron chi connectivity index (χ0n) is 12.0. The van der Waals surface area contributed by atoms with E-state index in [0.29, 0.717) is 18.4 Å². The lowest BCUT2D eigenvalue weighted by Gasteiger charge is -2.01. The first-order valence-corrected chi connectivity index (χ1v) is 6.65. The number of H-pyrrole nitrogens is 1. The fraction of sp³-hybridized carbons (Fsp3) is 0.267. The highest BCUT2D eigenvalue weighted by Gasteiger charge is 2.08. The molecule has 5 nitrogen and oxygen atoms in total. The Morgan fingerprint density at radius 1 is 1.43 bits per heavy atom. The van der Waals surface area contributed by atoms with E-state index in [1.165, 1.54) is 12.3 Å². The number of aromatic nitrogens is 2. The number of hydrazone groups is 1. The Labute approximate surface area is 122 Å². The maximum Gasteiger partial charge on any atom is 0.240 e. The number of amides is 1. The van der Waals surface area contributed by atoms with Gasteiger partial charge in [-0.3, -0.25) is 9.89 Å². The number of halogens is 1. The molecule has 1 aromatic heterocycles. The zero-order valence-corrected chi connectivity index (χ0v) is 12.0. The summed E-state index contributed by atoms with van der Waals surface area (Å²) in [6.45, 7) is 3.82. The summed E-state index contributed by atoms with van der Waals surface area (Å²) in [7, 11) is 0. The Morgan fingerprint density at radius 3 is 2.86 bits per heavy atom. The van der Waals surface area contributed by atoms with Gasteiger partial charge in [0.05, 0.1) is 11.9 Å². The van der Waals surface area contributed by atoms with E-state index in [2.05, 4.69) is 20.7 Å². The van der Waals surface area contributed by atoms with Gasteiger partial charge in [-0.15, -0.1) is 0 Å². The molecule has 1 heterocycles. The molecule has 2 aromatic rings. The van der Waals surface area contributed by atoms with Crippen molar-refractivity contribution in [2.24, 2.45) is 5.10 Å². The Balaban J connectivity index is 1.84. The third kappa shape index (κ3) is 3.98. The van der Waals surface area contributed by atoms with Crippen molar-refractivity contribution < 1.29 is 9.18 Å². The Hall–Kier alpha value is -2.50. The van der Waals surface area contributed by atoms with Crippen molar-refractivity contribution in [3.8, 4) is 0 Å². The minimum absolute atomic E-state index is 0.220. The Kier molecular flexibility index (Phi) is 4.81. The van der Waals surface area contributed by atoms with E-state index < -0.39 is 0 Å². The second-order valence-electron chi connectivity index (χ2n) is 4.73. The molecule has 6 heteroatoms. The fourth-order valence-electron chi connectivity index (χ4n) is 1.99. The maximum atomic E-state index is 13.3. The van der Waals surface area contributed by atoms with Gasteiger partial charge < -0.3 is 0 Å². The number of nitrogens with one attached hydrogen (secondary N) is 2. The van der Waals surface area contributed by atoms with Gasteiger partial charge in [-0.2, -0.15) is 10.2 Å². The van der Waals surface area contributed by atoms with E-state index in [-0.39, 0.29) is 11.7 Å². The van der Waals surface area contributed by atoms with Crippen molar-refractivity contribution in [2.45, 2.75) is 26.7 Å². The van der Waals surface area contributed by atoms with E-state index in [9.17, 15) is 9.18 Å². The molecule has 110 valence electrons. The van der Waals surface area contributed by atoms with Crippen LogP contribution < -0.4 is 5.43 Å². The van der Waals surface area contributed by atoms with Crippen LogP contribution >= 0.6 is 0 Å². The van der Waals surface area contributed by atoms with E-state index >= 15 is 0 Å². The number of hydrogen-bond donors (Lipinski definition) is 2. The minimum atomic E-state index is -0.375. The van der Waals surface area contributed by atoms with Crippen LogP contribution in [0.5, 0.6) is 0 Å². The highest BCUT2D eigenvalue weighted by molar-refractivity contribution is 5.82. The third-order valence-electron chi connectivity index (χ3n) is 3.18. The molecule has 0 spiro atoms. The zero-order chi connectivity index (χ0) is 15.2. The van der Waals surface area contributed by atoms with Gasteiger partial charge in [-0.25, -0.2) is 9.82 Å². The number of benzene rings is 1. The van der Waals surface area contributed by atoms with Gasteiger partial charge in [0.2, 0.25) is 5.91 Å². The van der Waals surface area contributed by atoms with Crippen LogP contribution in [0.25, 0.3) is 0 Å². The number of rotatable bonds is 5. The number of aromatic amines is 1. The predicted molar refractivity (Wildman–Crippen MR) is 78.5 cm³/mol.